The van der Waals surface area contributed by atoms with Crippen LogP contribution in [0.25, 0.3) is 11.0 Å². The van der Waals surface area contributed by atoms with Crippen LogP contribution in [0.5, 0.6) is 0 Å². The maximum atomic E-state index is 4.79. The molecule has 0 amide bonds. The van der Waals surface area contributed by atoms with Crippen molar-refractivity contribution in [2.45, 2.75) is 33.4 Å². The fraction of sp³-hybridized carbons (Fsp3) is 0.333. The Balaban J connectivity index is 1.85. The smallest absolute Gasteiger partial charge is 0.129 e. The number of para-hydroxylation sites is 2. The molecule has 2 heterocycles. The molecule has 114 valence electrons. The largest absolute Gasteiger partial charge is 0.378 e. The quantitative estimate of drug-likeness (QED) is 0.744. The number of aromatic nitrogens is 3. The Morgan fingerprint density at radius 3 is 2.64 bits per heavy atom. The normalized spacial score (nSPS) is 11.2. The molecular formula is C18H22N4. The van der Waals surface area contributed by atoms with Gasteiger partial charge in [-0.3, -0.25) is 4.98 Å². The Kier molecular flexibility index (Phi) is 4.37. The number of hydrogen-bond donors (Lipinski definition) is 1. The molecule has 4 nitrogen and oxygen atoms in total. The van der Waals surface area contributed by atoms with Crippen molar-refractivity contribution in [1.29, 1.82) is 0 Å². The molecule has 3 aromatic rings. The zero-order chi connectivity index (χ0) is 15.4. The zero-order valence-corrected chi connectivity index (χ0v) is 13.2. The molecule has 2 aromatic heterocycles. The molecule has 0 radical (unpaired) electrons. The molecule has 0 spiro atoms. The fourth-order valence-corrected chi connectivity index (χ4v) is 2.55. The predicted octanol–water partition coefficient (Wildman–Crippen LogP) is 4.09. The van der Waals surface area contributed by atoms with Gasteiger partial charge in [-0.15, -0.1) is 0 Å². The van der Waals surface area contributed by atoms with E-state index in [0.717, 1.165) is 36.5 Å². The van der Waals surface area contributed by atoms with Crippen LogP contribution in [0.3, 0.4) is 0 Å². The summed E-state index contributed by atoms with van der Waals surface area (Å²) in [4.78, 5) is 8.83. The third-order valence-electron chi connectivity index (χ3n) is 3.79. The van der Waals surface area contributed by atoms with E-state index in [4.69, 9.17) is 4.98 Å². The number of nitrogens with one attached hydrogen (secondary N) is 1. The van der Waals surface area contributed by atoms with Crippen LogP contribution in [0.15, 0.2) is 48.8 Å². The number of anilines is 1. The van der Waals surface area contributed by atoms with Gasteiger partial charge in [-0.2, -0.15) is 0 Å². The molecule has 4 heteroatoms. The van der Waals surface area contributed by atoms with E-state index in [2.05, 4.69) is 46.9 Å². The van der Waals surface area contributed by atoms with Gasteiger partial charge in [0.05, 0.1) is 17.6 Å². The molecule has 0 atom stereocenters. The summed E-state index contributed by atoms with van der Waals surface area (Å²) >= 11 is 0. The number of nitrogens with zero attached hydrogens (tertiary/aromatic N) is 3. The summed E-state index contributed by atoms with van der Waals surface area (Å²) < 4.78 is 2.34. The van der Waals surface area contributed by atoms with Crippen molar-refractivity contribution < 1.29 is 0 Å². The Morgan fingerprint density at radius 1 is 1.09 bits per heavy atom. The minimum absolute atomic E-state index is 0.683. The lowest BCUT2D eigenvalue weighted by molar-refractivity contribution is 0.514. The number of fused-ring (bicyclic) bond motifs is 1. The first-order chi connectivity index (χ1) is 10.7. The number of pyridine rings is 1. The van der Waals surface area contributed by atoms with Crippen LogP contribution in [-0.4, -0.2) is 14.5 Å². The van der Waals surface area contributed by atoms with Crippen molar-refractivity contribution in [3.63, 3.8) is 0 Å². The van der Waals surface area contributed by atoms with Gasteiger partial charge in [-0.1, -0.05) is 26.0 Å². The van der Waals surface area contributed by atoms with Crippen molar-refractivity contribution in [1.82, 2.24) is 14.5 Å². The molecule has 0 aliphatic heterocycles. The van der Waals surface area contributed by atoms with Gasteiger partial charge in [0.15, 0.2) is 0 Å². The number of rotatable bonds is 6. The van der Waals surface area contributed by atoms with Gasteiger partial charge in [0.1, 0.15) is 5.82 Å². The number of aryl methyl sites for hydroxylation is 1. The lowest BCUT2D eigenvalue weighted by atomic mass is 10.1. The number of hydrogen-bond acceptors (Lipinski definition) is 3. The Morgan fingerprint density at radius 2 is 1.86 bits per heavy atom. The van der Waals surface area contributed by atoms with Crippen LogP contribution in [0.4, 0.5) is 5.69 Å². The van der Waals surface area contributed by atoms with E-state index >= 15 is 0 Å². The first-order valence-corrected chi connectivity index (χ1v) is 7.82. The highest BCUT2D eigenvalue weighted by Gasteiger charge is 2.10. The summed E-state index contributed by atoms with van der Waals surface area (Å²) in [6, 6.07) is 12.3. The van der Waals surface area contributed by atoms with Crippen LogP contribution >= 0.6 is 0 Å². The molecule has 0 saturated heterocycles. The van der Waals surface area contributed by atoms with Gasteiger partial charge >= 0.3 is 0 Å². The molecule has 0 fully saturated rings. The number of benzene rings is 1. The van der Waals surface area contributed by atoms with Crippen LogP contribution in [0.1, 0.15) is 26.1 Å². The highest BCUT2D eigenvalue weighted by Crippen LogP contribution is 2.19. The summed E-state index contributed by atoms with van der Waals surface area (Å²) in [5.74, 6) is 1.76. The van der Waals surface area contributed by atoms with E-state index in [0.29, 0.717) is 5.92 Å². The fourth-order valence-electron chi connectivity index (χ4n) is 2.55. The molecule has 0 bridgehead atoms. The molecule has 1 aromatic carbocycles. The standard InChI is InChI=1S/C18H22N4/c1-14(2)9-12-22-17-6-4-3-5-16(17)21-18(22)13-20-15-7-10-19-11-8-15/h3-8,10-11,14H,9,12-13H2,1-2H3,(H,19,20). The average molecular weight is 294 g/mol. The maximum absolute atomic E-state index is 4.79. The lowest BCUT2D eigenvalue weighted by Gasteiger charge is -2.12. The molecule has 1 N–H and O–H groups in total. The molecular weight excluding hydrogens is 272 g/mol. The summed E-state index contributed by atoms with van der Waals surface area (Å²) in [6.07, 6.45) is 4.75. The topological polar surface area (TPSA) is 42.7 Å². The van der Waals surface area contributed by atoms with E-state index in [9.17, 15) is 0 Å². The van der Waals surface area contributed by atoms with Gasteiger partial charge in [0.2, 0.25) is 0 Å². The third kappa shape index (κ3) is 3.27. The molecule has 0 aliphatic rings. The Hall–Kier alpha value is -2.36. The second-order valence-corrected chi connectivity index (χ2v) is 5.94. The minimum atomic E-state index is 0.683. The van der Waals surface area contributed by atoms with Crippen LogP contribution in [-0.2, 0) is 13.1 Å². The number of imidazole rings is 1. The monoisotopic (exact) mass is 294 g/mol. The molecule has 3 rings (SSSR count). The van der Waals surface area contributed by atoms with Gasteiger partial charge in [-0.25, -0.2) is 4.98 Å². The lowest BCUT2D eigenvalue weighted by Crippen LogP contribution is -2.10. The average Bonchev–Trinajstić information content (AvgIpc) is 2.89. The molecule has 0 unspecified atom stereocenters. The van der Waals surface area contributed by atoms with E-state index < -0.39 is 0 Å². The van der Waals surface area contributed by atoms with E-state index in [1.165, 1.54) is 5.52 Å². The molecule has 0 aliphatic carbocycles. The van der Waals surface area contributed by atoms with Crippen molar-refractivity contribution in [3.05, 3.63) is 54.6 Å². The Bertz CT molecular complexity index is 731. The van der Waals surface area contributed by atoms with E-state index in [-0.39, 0.29) is 0 Å². The highest BCUT2D eigenvalue weighted by atomic mass is 15.1. The second-order valence-electron chi connectivity index (χ2n) is 5.94. The first kappa shape index (κ1) is 14.6. The minimum Gasteiger partial charge on any atom is -0.378 e. The van der Waals surface area contributed by atoms with Crippen LogP contribution < -0.4 is 5.32 Å². The van der Waals surface area contributed by atoms with E-state index in [1.54, 1.807) is 12.4 Å². The summed E-state index contributed by atoms with van der Waals surface area (Å²) in [6.45, 7) is 6.24. The molecule has 0 saturated carbocycles. The summed E-state index contributed by atoms with van der Waals surface area (Å²) in [5, 5.41) is 3.43. The van der Waals surface area contributed by atoms with Crippen molar-refractivity contribution in [2.75, 3.05) is 5.32 Å². The third-order valence-corrected chi connectivity index (χ3v) is 3.79. The highest BCUT2D eigenvalue weighted by molar-refractivity contribution is 5.76. The second kappa shape index (κ2) is 6.60. The maximum Gasteiger partial charge on any atom is 0.129 e. The predicted molar refractivity (Wildman–Crippen MR) is 90.8 cm³/mol. The van der Waals surface area contributed by atoms with Gasteiger partial charge in [0.25, 0.3) is 0 Å². The van der Waals surface area contributed by atoms with Crippen LogP contribution in [0.2, 0.25) is 0 Å². The van der Waals surface area contributed by atoms with Crippen molar-refractivity contribution in [2.24, 2.45) is 5.92 Å². The first-order valence-electron chi connectivity index (χ1n) is 7.82. The van der Waals surface area contributed by atoms with Gasteiger partial charge in [-0.05, 0) is 36.6 Å². The van der Waals surface area contributed by atoms with Crippen LogP contribution in [0, 0.1) is 5.92 Å². The zero-order valence-electron chi connectivity index (χ0n) is 13.2. The van der Waals surface area contributed by atoms with Gasteiger partial charge < -0.3 is 9.88 Å². The molecule has 22 heavy (non-hydrogen) atoms. The van der Waals surface area contributed by atoms with Crippen molar-refractivity contribution >= 4 is 16.7 Å². The SMILES string of the molecule is CC(C)CCn1c(CNc2ccncc2)nc2ccccc21. The van der Waals surface area contributed by atoms with Crippen molar-refractivity contribution in [3.8, 4) is 0 Å². The summed E-state index contributed by atoms with van der Waals surface area (Å²) in [7, 11) is 0. The summed E-state index contributed by atoms with van der Waals surface area (Å²) in [5.41, 5.74) is 3.35. The van der Waals surface area contributed by atoms with E-state index in [1.807, 2.05) is 18.2 Å². The Labute approximate surface area is 131 Å². The van der Waals surface area contributed by atoms with Gasteiger partial charge in [0, 0.05) is 24.6 Å².